The number of benzene rings is 2. The SMILES string of the molecule is CCCCCOc1c(Br)cc(/C=C2\SC(=S)N(NC(=O)c3ccc(Cl)cc3)C2=O)cc1OC. The van der Waals surface area contributed by atoms with Crippen molar-refractivity contribution in [3.05, 3.63) is 61.9 Å². The third-order valence-corrected chi connectivity index (χ3v) is 6.80. The number of hydrogen-bond acceptors (Lipinski definition) is 6. The Bertz CT molecular complexity index is 1090. The molecule has 3 rings (SSSR count). The minimum Gasteiger partial charge on any atom is -0.493 e. The number of unbranched alkanes of at least 4 members (excludes halogenated alkanes) is 2. The first-order valence-corrected chi connectivity index (χ1v) is 12.6. The van der Waals surface area contributed by atoms with Gasteiger partial charge in [-0.3, -0.25) is 15.0 Å². The van der Waals surface area contributed by atoms with Crippen LogP contribution in [0.5, 0.6) is 11.5 Å². The molecule has 0 bridgehead atoms. The highest BCUT2D eigenvalue weighted by Gasteiger charge is 2.34. The third kappa shape index (κ3) is 6.50. The zero-order valence-corrected chi connectivity index (χ0v) is 22.0. The fourth-order valence-corrected chi connectivity index (χ4v) is 4.85. The number of amides is 2. The van der Waals surface area contributed by atoms with Crippen LogP contribution in [0.2, 0.25) is 5.02 Å². The number of hydrazine groups is 1. The summed E-state index contributed by atoms with van der Waals surface area (Å²) in [6.45, 7) is 2.73. The molecule has 1 aliphatic heterocycles. The molecule has 1 saturated heterocycles. The van der Waals surface area contributed by atoms with E-state index in [0.717, 1.165) is 46.1 Å². The molecular weight excluding hydrogens is 548 g/mol. The average Bonchev–Trinajstić information content (AvgIpc) is 3.05. The number of nitrogens with zero attached hydrogens (tertiary/aromatic N) is 1. The number of hydrogen-bond donors (Lipinski definition) is 1. The topological polar surface area (TPSA) is 67.9 Å². The van der Waals surface area contributed by atoms with E-state index in [0.29, 0.717) is 33.6 Å². The smallest absolute Gasteiger partial charge is 0.285 e. The van der Waals surface area contributed by atoms with Gasteiger partial charge in [0.25, 0.3) is 11.8 Å². The lowest BCUT2D eigenvalue weighted by Crippen LogP contribution is -2.44. The van der Waals surface area contributed by atoms with Crippen molar-refractivity contribution in [1.82, 2.24) is 10.4 Å². The van der Waals surface area contributed by atoms with Gasteiger partial charge in [-0.15, -0.1) is 0 Å². The van der Waals surface area contributed by atoms with Crippen molar-refractivity contribution in [2.45, 2.75) is 26.2 Å². The number of thiocarbonyl (C=S) groups is 1. The lowest BCUT2D eigenvalue weighted by molar-refractivity contribution is -0.123. The second-order valence-corrected chi connectivity index (χ2v) is 10.0. The molecule has 6 nitrogen and oxygen atoms in total. The highest BCUT2D eigenvalue weighted by Crippen LogP contribution is 2.39. The number of ether oxygens (including phenoxy) is 2. The summed E-state index contributed by atoms with van der Waals surface area (Å²) in [6.07, 6.45) is 4.85. The Morgan fingerprint density at radius 1 is 1.27 bits per heavy atom. The van der Waals surface area contributed by atoms with Gasteiger partial charge in [-0.25, -0.2) is 0 Å². The maximum Gasteiger partial charge on any atom is 0.285 e. The van der Waals surface area contributed by atoms with Gasteiger partial charge in [-0.2, -0.15) is 5.01 Å². The highest BCUT2D eigenvalue weighted by molar-refractivity contribution is 9.10. The van der Waals surface area contributed by atoms with E-state index in [4.69, 9.17) is 33.3 Å². The number of halogens is 2. The van der Waals surface area contributed by atoms with Crippen molar-refractivity contribution < 1.29 is 19.1 Å². The molecular formula is C23H22BrClN2O4S2. The van der Waals surface area contributed by atoms with Crippen molar-refractivity contribution in [2.24, 2.45) is 0 Å². The minimum absolute atomic E-state index is 0.232. The molecule has 0 spiro atoms. The van der Waals surface area contributed by atoms with Crippen molar-refractivity contribution in [1.29, 1.82) is 0 Å². The zero-order chi connectivity index (χ0) is 24.0. The van der Waals surface area contributed by atoms with Crippen LogP contribution in [0.3, 0.4) is 0 Å². The predicted octanol–water partition coefficient (Wildman–Crippen LogP) is 6.23. The van der Waals surface area contributed by atoms with E-state index in [1.54, 1.807) is 43.5 Å². The molecule has 1 aliphatic rings. The molecule has 1 fully saturated rings. The van der Waals surface area contributed by atoms with Crippen LogP contribution in [0.4, 0.5) is 0 Å². The van der Waals surface area contributed by atoms with Gasteiger partial charge >= 0.3 is 0 Å². The standard InChI is InChI=1S/C23H22BrClN2O4S2/c1-3-4-5-10-31-20-17(24)11-14(12-18(20)30-2)13-19-22(29)27(23(32)33-19)26-21(28)15-6-8-16(25)9-7-15/h6-9,11-13H,3-5,10H2,1-2H3,(H,26,28)/b19-13-. The molecule has 10 heteroatoms. The molecule has 174 valence electrons. The van der Waals surface area contributed by atoms with E-state index < -0.39 is 11.8 Å². The Labute approximate surface area is 215 Å². The lowest BCUT2D eigenvalue weighted by Gasteiger charge is -2.15. The molecule has 1 heterocycles. The van der Waals surface area contributed by atoms with Crippen molar-refractivity contribution in [3.8, 4) is 11.5 Å². The van der Waals surface area contributed by atoms with E-state index in [-0.39, 0.29) is 4.32 Å². The first-order valence-electron chi connectivity index (χ1n) is 10.2. The molecule has 2 amide bonds. The largest absolute Gasteiger partial charge is 0.493 e. The molecule has 0 aromatic heterocycles. The first kappa shape index (κ1) is 25.6. The molecule has 33 heavy (non-hydrogen) atoms. The first-order chi connectivity index (χ1) is 15.8. The Balaban J connectivity index is 1.76. The van der Waals surface area contributed by atoms with Crippen LogP contribution < -0.4 is 14.9 Å². The molecule has 0 radical (unpaired) electrons. The quantitative estimate of drug-likeness (QED) is 0.219. The maximum absolute atomic E-state index is 12.9. The Morgan fingerprint density at radius 3 is 2.67 bits per heavy atom. The molecule has 0 saturated carbocycles. The Hall–Kier alpha value is -2.07. The highest BCUT2D eigenvalue weighted by atomic mass is 79.9. The number of carbonyl (C=O) groups excluding carboxylic acids is 2. The summed E-state index contributed by atoms with van der Waals surface area (Å²) >= 11 is 15.8. The zero-order valence-electron chi connectivity index (χ0n) is 18.0. The van der Waals surface area contributed by atoms with Gasteiger partial charge in [-0.05, 0) is 82.6 Å². The molecule has 2 aromatic rings. The van der Waals surface area contributed by atoms with E-state index in [2.05, 4.69) is 28.3 Å². The number of carbonyl (C=O) groups is 2. The monoisotopic (exact) mass is 568 g/mol. The van der Waals surface area contributed by atoms with Crippen LogP contribution in [-0.4, -0.2) is 34.9 Å². The maximum atomic E-state index is 12.9. The van der Waals surface area contributed by atoms with Crippen LogP contribution >= 0.6 is 51.5 Å². The summed E-state index contributed by atoms with van der Waals surface area (Å²) in [7, 11) is 1.57. The minimum atomic E-state index is -0.460. The van der Waals surface area contributed by atoms with Gasteiger partial charge in [0.05, 0.1) is 23.1 Å². The van der Waals surface area contributed by atoms with E-state index >= 15 is 0 Å². The fourth-order valence-electron chi connectivity index (χ4n) is 2.97. The van der Waals surface area contributed by atoms with E-state index in [9.17, 15) is 9.59 Å². The van der Waals surface area contributed by atoms with Crippen LogP contribution in [0.25, 0.3) is 6.08 Å². The van der Waals surface area contributed by atoms with Crippen LogP contribution in [0, 0.1) is 0 Å². The predicted molar refractivity (Wildman–Crippen MR) is 140 cm³/mol. The summed E-state index contributed by atoms with van der Waals surface area (Å²) in [5.74, 6) is 0.299. The van der Waals surface area contributed by atoms with Crippen molar-refractivity contribution >= 4 is 73.7 Å². The van der Waals surface area contributed by atoms with Gasteiger partial charge in [0.1, 0.15) is 0 Å². The van der Waals surface area contributed by atoms with E-state index in [1.807, 2.05) is 6.07 Å². The number of rotatable bonds is 9. The van der Waals surface area contributed by atoms with E-state index in [1.165, 1.54) is 0 Å². The molecule has 0 atom stereocenters. The Kier molecular flexibility index (Phi) is 9.19. The van der Waals surface area contributed by atoms with Crippen LogP contribution in [0.15, 0.2) is 45.8 Å². The number of nitrogens with one attached hydrogen (secondary N) is 1. The second-order valence-electron chi connectivity index (χ2n) is 7.05. The van der Waals surface area contributed by atoms with Gasteiger partial charge in [0.2, 0.25) is 0 Å². The van der Waals surface area contributed by atoms with Gasteiger partial charge < -0.3 is 9.47 Å². The normalized spacial score (nSPS) is 14.7. The van der Waals surface area contributed by atoms with Gasteiger partial charge in [0, 0.05) is 10.6 Å². The van der Waals surface area contributed by atoms with Crippen molar-refractivity contribution in [2.75, 3.05) is 13.7 Å². The van der Waals surface area contributed by atoms with Gasteiger partial charge in [-0.1, -0.05) is 43.1 Å². The average molecular weight is 570 g/mol. The number of thioether (sulfide) groups is 1. The summed E-state index contributed by atoms with van der Waals surface area (Å²) in [5.41, 5.74) is 3.64. The lowest BCUT2D eigenvalue weighted by atomic mass is 10.2. The van der Waals surface area contributed by atoms with Gasteiger partial charge in [0.15, 0.2) is 15.8 Å². The molecule has 0 aliphatic carbocycles. The molecule has 1 N–H and O–H groups in total. The Morgan fingerprint density at radius 2 is 2.00 bits per heavy atom. The van der Waals surface area contributed by atoms with Crippen LogP contribution in [0.1, 0.15) is 42.1 Å². The summed E-state index contributed by atoms with van der Waals surface area (Å²) < 4.78 is 12.3. The summed E-state index contributed by atoms with van der Waals surface area (Å²) in [6, 6.07) is 9.98. The molecule has 2 aromatic carbocycles. The second kappa shape index (κ2) is 11.9. The van der Waals surface area contributed by atoms with Crippen LogP contribution in [-0.2, 0) is 4.79 Å². The third-order valence-electron chi connectivity index (χ3n) is 4.66. The number of methoxy groups -OCH3 is 1. The van der Waals surface area contributed by atoms with Crippen molar-refractivity contribution in [3.63, 3.8) is 0 Å². The molecule has 0 unspecified atom stereocenters. The summed E-state index contributed by atoms with van der Waals surface area (Å²) in [5, 5.41) is 1.58. The fraction of sp³-hybridized carbons (Fsp3) is 0.261. The summed E-state index contributed by atoms with van der Waals surface area (Å²) in [4.78, 5) is 25.8.